The molecule has 0 saturated heterocycles. The van der Waals surface area contributed by atoms with E-state index in [4.69, 9.17) is 8.92 Å². The number of aromatic carboxylic acids is 1. The summed E-state index contributed by atoms with van der Waals surface area (Å²) in [6.45, 7) is 0. The molecule has 0 fully saturated rings. The van der Waals surface area contributed by atoms with Crippen molar-refractivity contribution >= 4 is 25.9 Å². The van der Waals surface area contributed by atoms with Gasteiger partial charge < -0.3 is 19.1 Å². The zero-order valence-electron chi connectivity index (χ0n) is 15.9. The first-order chi connectivity index (χ1) is 14.6. The van der Waals surface area contributed by atoms with Crippen LogP contribution >= 0.6 is 0 Å². The average Bonchev–Trinajstić information content (AvgIpc) is 2.74. The van der Waals surface area contributed by atoms with Crippen LogP contribution in [-0.4, -0.2) is 40.1 Å². The number of sulfone groups is 1. The van der Waals surface area contributed by atoms with Crippen LogP contribution in [0.4, 0.5) is 0 Å². The number of rotatable bonds is 7. The van der Waals surface area contributed by atoms with Crippen LogP contribution in [-0.2, 0) is 20.0 Å². The van der Waals surface area contributed by atoms with Gasteiger partial charge in [0.15, 0.2) is 17.2 Å². The Morgan fingerprint density at radius 1 is 0.806 bits per heavy atom. The molecular weight excluding hydrogens is 448 g/mol. The topological polar surface area (TPSA) is 144 Å². The molecule has 0 saturated carbocycles. The van der Waals surface area contributed by atoms with Crippen LogP contribution < -0.4 is 8.92 Å². The predicted octanol–water partition coefficient (Wildman–Crippen LogP) is 2.70. The van der Waals surface area contributed by atoms with E-state index in [0.717, 1.165) is 24.3 Å². The second-order valence-corrected chi connectivity index (χ2v) is 9.65. The first-order valence-corrected chi connectivity index (χ1v) is 11.4. The summed E-state index contributed by atoms with van der Waals surface area (Å²) in [7, 11) is -7.29. The summed E-state index contributed by atoms with van der Waals surface area (Å²) in [6, 6.07) is 13.2. The summed E-state index contributed by atoms with van der Waals surface area (Å²) >= 11 is 0. The van der Waals surface area contributed by atoms with Crippen LogP contribution in [0.5, 0.6) is 17.2 Å². The Balaban J connectivity index is 2.04. The maximum atomic E-state index is 12.9. The lowest BCUT2D eigenvalue weighted by Gasteiger charge is -2.12. The van der Waals surface area contributed by atoms with Gasteiger partial charge >= 0.3 is 16.1 Å². The van der Waals surface area contributed by atoms with Crippen molar-refractivity contribution in [1.29, 1.82) is 0 Å². The van der Waals surface area contributed by atoms with Crippen LogP contribution in [0.2, 0.25) is 0 Å². The lowest BCUT2D eigenvalue weighted by molar-refractivity contribution is 0.0694. The number of benzene rings is 3. The zero-order chi connectivity index (χ0) is 22.8. The molecule has 11 heteroatoms. The molecule has 0 atom stereocenters. The predicted molar refractivity (Wildman–Crippen MR) is 108 cm³/mol. The van der Waals surface area contributed by atoms with Crippen LogP contribution in [0.3, 0.4) is 0 Å². The number of carboxylic acid groups (broad SMARTS) is 1. The van der Waals surface area contributed by atoms with Crippen molar-refractivity contribution in [2.24, 2.45) is 0 Å². The molecule has 0 aromatic heterocycles. The Hall–Kier alpha value is -3.57. The highest BCUT2D eigenvalue weighted by molar-refractivity contribution is 7.91. The molecule has 0 spiro atoms. The average molecular weight is 464 g/mol. The van der Waals surface area contributed by atoms with Crippen molar-refractivity contribution < 1.29 is 40.8 Å². The van der Waals surface area contributed by atoms with E-state index in [2.05, 4.69) is 0 Å². The number of ether oxygens (including phenoxy) is 1. The minimum atomic E-state index is -4.34. The Kier molecular flexibility index (Phi) is 5.91. The normalized spacial score (nSPS) is 11.6. The quantitative estimate of drug-likeness (QED) is 0.504. The fourth-order valence-electron chi connectivity index (χ4n) is 2.64. The van der Waals surface area contributed by atoms with Crippen LogP contribution in [0.1, 0.15) is 10.4 Å². The lowest BCUT2D eigenvalue weighted by Crippen LogP contribution is -2.13. The van der Waals surface area contributed by atoms with Gasteiger partial charge in [-0.2, -0.15) is 8.42 Å². The molecule has 3 aromatic rings. The number of hydrogen-bond donors (Lipinski definition) is 2. The second kappa shape index (κ2) is 8.28. The molecule has 3 rings (SSSR count). The summed E-state index contributed by atoms with van der Waals surface area (Å²) in [5, 5.41) is 19.3. The molecule has 0 aliphatic rings. The molecule has 2 N–H and O–H groups in total. The van der Waals surface area contributed by atoms with Crippen molar-refractivity contribution in [3.63, 3.8) is 0 Å². The Labute approximate surface area is 178 Å². The summed E-state index contributed by atoms with van der Waals surface area (Å²) in [5.41, 5.74) is -0.668. The number of phenolic OH excluding ortho intramolecular Hbond substituents is 1. The molecule has 0 radical (unpaired) electrons. The van der Waals surface area contributed by atoms with Gasteiger partial charge in [-0.15, -0.1) is 0 Å². The molecule has 3 aromatic carbocycles. The smallest absolute Gasteiger partial charge is 0.339 e. The maximum Gasteiger partial charge on any atom is 0.339 e. The van der Waals surface area contributed by atoms with Gasteiger partial charge in [0.1, 0.15) is 10.5 Å². The largest absolute Gasteiger partial charge is 0.504 e. The van der Waals surface area contributed by atoms with E-state index in [9.17, 15) is 31.8 Å². The van der Waals surface area contributed by atoms with Gasteiger partial charge in [0.25, 0.3) is 0 Å². The van der Waals surface area contributed by atoms with Crippen LogP contribution in [0.25, 0.3) is 0 Å². The van der Waals surface area contributed by atoms with Gasteiger partial charge in [-0.1, -0.05) is 18.2 Å². The zero-order valence-corrected chi connectivity index (χ0v) is 17.6. The molecule has 0 unspecified atom stereocenters. The molecule has 0 heterocycles. The lowest BCUT2D eigenvalue weighted by atomic mass is 10.2. The SMILES string of the molecule is COc1ccc(S(=O)(=O)c2ccc(OS(=O)(=O)c3ccccc3)c(C(=O)O)c2)cc1O. The molecule has 162 valence electrons. The van der Waals surface area contributed by atoms with Crippen molar-refractivity contribution in [3.8, 4) is 17.2 Å². The van der Waals surface area contributed by atoms with E-state index in [-0.39, 0.29) is 15.5 Å². The Morgan fingerprint density at radius 3 is 1.94 bits per heavy atom. The third-order valence-electron chi connectivity index (χ3n) is 4.18. The summed E-state index contributed by atoms with van der Waals surface area (Å²) in [6.07, 6.45) is 0. The van der Waals surface area contributed by atoms with Gasteiger partial charge in [-0.3, -0.25) is 0 Å². The second-order valence-electron chi connectivity index (χ2n) is 6.15. The number of carbonyl (C=O) groups is 1. The van der Waals surface area contributed by atoms with E-state index in [1.54, 1.807) is 6.07 Å². The Morgan fingerprint density at radius 2 is 1.39 bits per heavy atom. The minimum Gasteiger partial charge on any atom is -0.504 e. The molecular formula is C20H16O9S2. The standard InChI is InChI=1S/C20H16O9S2/c1-28-19-10-8-15(12-17(19)21)30(24,25)14-7-9-18(16(11-14)20(22)23)29-31(26,27)13-5-3-2-4-6-13/h2-12,21H,1H3,(H,22,23). The van der Waals surface area contributed by atoms with Gasteiger partial charge in [-0.25, -0.2) is 13.2 Å². The number of methoxy groups -OCH3 is 1. The van der Waals surface area contributed by atoms with Gasteiger partial charge in [0, 0.05) is 6.07 Å². The first kappa shape index (κ1) is 22.1. The van der Waals surface area contributed by atoms with Gasteiger partial charge in [0.05, 0.1) is 16.9 Å². The third-order valence-corrected chi connectivity index (χ3v) is 7.18. The van der Waals surface area contributed by atoms with E-state index < -0.39 is 47.9 Å². The fourth-order valence-corrected chi connectivity index (χ4v) is 4.92. The van der Waals surface area contributed by atoms with Crippen molar-refractivity contribution in [2.45, 2.75) is 14.7 Å². The summed E-state index contributed by atoms with van der Waals surface area (Å²) in [4.78, 5) is 10.7. The van der Waals surface area contributed by atoms with Crippen molar-refractivity contribution in [2.75, 3.05) is 7.11 Å². The molecule has 0 aliphatic carbocycles. The highest BCUT2D eigenvalue weighted by Gasteiger charge is 2.25. The number of carboxylic acids is 1. The van der Waals surface area contributed by atoms with Crippen LogP contribution in [0, 0.1) is 0 Å². The van der Waals surface area contributed by atoms with Crippen molar-refractivity contribution in [3.05, 3.63) is 72.3 Å². The minimum absolute atomic E-state index is 0.0556. The Bertz CT molecular complexity index is 1350. The highest BCUT2D eigenvalue weighted by Crippen LogP contribution is 2.33. The van der Waals surface area contributed by atoms with Gasteiger partial charge in [0.2, 0.25) is 9.84 Å². The fraction of sp³-hybridized carbons (Fsp3) is 0.0500. The highest BCUT2D eigenvalue weighted by atomic mass is 32.2. The molecule has 0 aliphatic heterocycles. The molecule has 0 bridgehead atoms. The number of hydrogen-bond acceptors (Lipinski definition) is 8. The number of phenols is 1. The summed E-state index contributed by atoms with van der Waals surface area (Å²) < 4.78 is 60.4. The molecule has 9 nitrogen and oxygen atoms in total. The maximum absolute atomic E-state index is 12.9. The van der Waals surface area contributed by atoms with Gasteiger partial charge in [-0.05, 0) is 42.5 Å². The molecule has 31 heavy (non-hydrogen) atoms. The van der Waals surface area contributed by atoms with Crippen LogP contribution in [0.15, 0.2) is 81.4 Å². The van der Waals surface area contributed by atoms with E-state index in [1.807, 2.05) is 0 Å². The molecule has 0 amide bonds. The first-order valence-electron chi connectivity index (χ1n) is 8.55. The number of aromatic hydroxyl groups is 1. The van der Waals surface area contributed by atoms with E-state index in [0.29, 0.717) is 0 Å². The third kappa shape index (κ3) is 4.47. The van der Waals surface area contributed by atoms with E-state index in [1.165, 1.54) is 43.5 Å². The van der Waals surface area contributed by atoms with E-state index >= 15 is 0 Å². The van der Waals surface area contributed by atoms with Crippen molar-refractivity contribution in [1.82, 2.24) is 0 Å². The monoisotopic (exact) mass is 464 g/mol. The summed E-state index contributed by atoms with van der Waals surface area (Å²) in [5.74, 6) is -2.50.